The van der Waals surface area contributed by atoms with Crippen LogP contribution in [-0.4, -0.2) is 27.7 Å². The first kappa shape index (κ1) is 11.3. The predicted octanol–water partition coefficient (Wildman–Crippen LogP) is 1.54. The number of fused-ring (bicyclic) bond motifs is 1. The molecule has 0 aromatic carbocycles. The molecule has 2 rings (SSSR count). The second kappa shape index (κ2) is 5.25. The standard InChI is InChI=1S/C12H19N3O/c1-2-9(16)6-7-13-12-10-4-3-5-11(10)14-8-15-12/h8-9,16H,2-7H2,1H3,(H,13,14,15). The summed E-state index contributed by atoms with van der Waals surface area (Å²) in [6, 6.07) is 0. The smallest absolute Gasteiger partial charge is 0.132 e. The van der Waals surface area contributed by atoms with Crippen LogP contribution in [0, 0.1) is 0 Å². The molecule has 1 aliphatic carbocycles. The molecule has 4 nitrogen and oxygen atoms in total. The van der Waals surface area contributed by atoms with E-state index in [2.05, 4.69) is 15.3 Å². The number of aliphatic hydroxyl groups excluding tert-OH is 1. The van der Waals surface area contributed by atoms with Gasteiger partial charge in [-0.2, -0.15) is 0 Å². The molecule has 0 spiro atoms. The van der Waals surface area contributed by atoms with E-state index in [9.17, 15) is 5.11 Å². The zero-order valence-electron chi connectivity index (χ0n) is 9.74. The Morgan fingerprint density at radius 2 is 2.31 bits per heavy atom. The summed E-state index contributed by atoms with van der Waals surface area (Å²) in [6.07, 6.45) is 6.34. The minimum atomic E-state index is -0.206. The fourth-order valence-corrected chi connectivity index (χ4v) is 2.07. The van der Waals surface area contributed by atoms with Crippen LogP contribution in [0.3, 0.4) is 0 Å². The number of nitrogens with zero attached hydrogens (tertiary/aromatic N) is 2. The maximum atomic E-state index is 9.46. The summed E-state index contributed by atoms with van der Waals surface area (Å²) in [5.41, 5.74) is 2.46. The average Bonchev–Trinajstić information content (AvgIpc) is 2.77. The molecule has 4 heteroatoms. The van der Waals surface area contributed by atoms with Gasteiger partial charge < -0.3 is 10.4 Å². The topological polar surface area (TPSA) is 58.0 Å². The molecule has 1 aliphatic rings. The Morgan fingerprint density at radius 1 is 1.44 bits per heavy atom. The van der Waals surface area contributed by atoms with Crippen LogP contribution < -0.4 is 5.32 Å². The SMILES string of the molecule is CCC(O)CCNc1ncnc2c1CCC2. The Kier molecular flexibility index (Phi) is 3.72. The zero-order chi connectivity index (χ0) is 11.4. The number of aromatic nitrogens is 2. The van der Waals surface area contributed by atoms with Gasteiger partial charge in [0.2, 0.25) is 0 Å². The molecule has 0 aliphatic heterocycles. The second-order valence-corrected chi connectivity index (χ2v) is 4.28. The number of anilines is 1. The van der Waals surface area contributed by atoms with E-state index in [-0.39, 0.29) is 6.10 Å². The first-order valence-corrected chi connectivity index (χ1v) is 6.06. The van der Waals surface area contributed by atoms with Gasteiger partial charge in [0.05, 0.1) is 6.10 Å². The molecule has 0 bridgehead atoms. The fraction of sp³-hybridized carbons (Fsp3) is 0.667. The van der Waals surface area contributed by atoms with Gasteiger partial charge in [0.1, 0.15) is 12.1 Å². The Morgan fingerprint density at radius 3 is 3.12 bits per heavy atom. The fourth-order valence-electron chi connectivity index (χ4n) is 2.07. The predicted molar refractivity (Wildman–Crippen MR) is 63.5 cm³/mol. The van der Waals surface area contributed by atoms with Gasteiger partial charge in [0.15, 0.2) is 0 Å². The highest BCUT2D eigenvalue weighted by Crippen LogP contribution is 2.24. The number of rotatable bonds is 5. The monoisotopic (exact) mass is 221 g/mol. The Hall–Kier alpha value is -1.16. The van der Waals surface area contributed by atoms with Gasteiger partial charge in [-0.3, -0.25) is 0 Å². The van der Waals surface area contributed by atoms with Gasteiger partial charge in [-0.25, -0.2) is 9.97 Å². The molecule has 0 radical (unpaired) electrons. The first-order chi connectivity index (χ1) is 7.81. The highest BCUT2D eigenvalue weighted by Gasteiger charge is 2.16. The molecule has 1 aromatic rings. The Bertz CT molecular complexity index is 354. The van der Waals surface area contributed by atoms with Crippen molar-refractivity contribution in [1.29, 1.82) is 0 Å². The number of aryl methyl sites for hydroxylation is 1. The van der Waals surface area contributed by atoms with Crippen LogP contribution >= 0.6 is 0 Å². The van der Waals surface area contributed by atoms with E-state index in [1.165, 1.54) is 17.7 Å². The van der Waals surface area contributed by atoms with Crippen molar-refractivity contribution >= 4 is 5.82 Å². The molecule has 1 aromatic heterocycles. The van der Waals surface area contributed by atoms with Crippen LogP contribution in [0.25, 0.3) is 0 Å². The molecule has 0 fully saturated rings. The molecule has 16 heavy (non-hydrogen) atoms. The van der Waals surface area contributed by atoms with Crippen LogP contribution in [0.1, 0.15) is 37.4 Å². The summed E-state index contributed by atoms with van der Waals surface area (Å²) in [6.45, 7) is 2.77. The summed E-state index contributed by atoms with van der Waals surface area (Å²) >= 11 is 0. The molecule has 88 valence electrons. The van der Waals surface area contributed by atoms with Crippen LogP contribution in [0.5, 0.6) is 0 Å². The Labute approximate surface area is 96.1 Å². The molecular formula is C12H19N3O. The molecule has 0 saturated carbocycles. The maximum absolute atomic E-state index is 9.46. The lowest BCUT2D eigenvalue weighted by Crippen LogP contribution is -2.14. The Balaban J connectivity index is 1.92. The summed E-state index contributed by atoms with van der Waals surface area (Å²) in [5.74, 6) is 0.964. The van der Waals surface area contributed by atoms with Crippen molar-refractivity contribution in [3.05, 3.63) is 17.6 Å². The largest absolute Gasteiger partial charge is 0.393 e. The summed E-state index contributed by atoms with van der Waals surface area (Å²) in [5, 5.41) is 12.8. The quantitative estimate of drug-likeness (QED) is 0.792. The lowest BCUT2D eigenvalue weighted by atomic mass is 10.2. The molecule has 1 atom stereocenters. The van der Waals surface area contributed by atoms with Crippen LogP contribution in [0.2, 0.25) is 0 Å². The van der Waals surface area contributed by atoms with E-state index in [4.69, 9.17) is 0 Å². The third-order valence-electron chi connectivity index (χ3n) is 3.12. The summed E-state index contributed by atoms with van der Waals surface area (Å²) in [7, 11) is 0. The molecule has 2 N–H and O–H groups in total. The normalized spacial score (nSPS) is 15.9. The van der Waals surface area contributed by atoms with E-state index >= 15 is 0 Å². The maximum Gasteiger partial charge on any atom is 0.132 e. The molecular weight excluding hydrogens is 202 g/mol. The van der Waals surface area contributed by atoms with Crippen LogP contribution in [0.15, 0.2) is 6.33 Å². The van der Waals surface area contributed by atoms with Crippen LogP contribution in [-0.2, 0) is 12.8 Å². The summed E-state index contributed by atoms with van der Waals surface area (Å²) < 4.78 is 0. The number of nitrogens with one attached hydrogen (secondary N) is 1. The minimum absolute atomic E-state index is 0.206. The van der Waals surface area contributed by atoms with Gasteiger partial charge in [-0.05, 0) is 32.1 Å². The first-order valence-electron chi connectivity index (χ1n) is 6.06. The van der Waals surface area contributed by atoms with Crippen molar-refractivity contribution in [1.82, 2.24) is 9.97 Å². The van der Waals surface area contributed by atoms with E-state index in [0.29, 0.717) is 0 Å². The molecule has 1 unspecified atom stereocenters. The van der Waals surface area contributed by atoms with Gasteiger partial charge in [0, 0.05) is 17.8 Å². The number of hydrogen-bond acceptors (Lipinski definition) is 4. The van der Waals surface area contributed by atoms with E-state index in [1.807, 2.05) is 6.92 Å². The van der Waals surface area contributed by atoms with Crippen molar-refractivity contribution in [2.75, 3.05) is 11.9 Å². The molecule has 0 saturated heterocycles. The van der Waals surface area contributed by atoms with E-state index in [0.717, 1.165) is 38.0 Å². The van der Waals surface area contributed by atoms with Gasteiger partial charge >= 0.3 is 0 Å². The number of aliphatic hydroxyl groups is 1. The third-order valence-corrected chi connectivity index (χ3v) is 3.12. The lowest BCUT2D eigenvalue weighted by molar-refractivity contribution is 0.164. The number of hydrogen-bond donors (Lipinski definition) is 2. The van der Waals surface area contributed by atoms with Gasteiger partial charge in [-0.15, -0.1) is 0 Å². The second-order valence-electron chi connectivity index (χ2n) is 4.28. The van der Waals surface area contributed by atoms with E-state index < -0.39 is 0 Å². The minimum Gasteiger partial charge on any atom is -0.393 e. The summed E-state index contributed by atoms with van der Waals surface area (Å²) in [4.78, 5) is 8.55. The van der Waals surface area contributed by atoms with Crippen molar-refractivity contribution in [3.63, 3.8) is 0 Å². The van der Waals surface area contributed by atoms with Gasteiger partial charge in [-0.1, -0.05) is 6.92 Å². The highest BCUT2D eigenvalue weighted by atomic mass is 16.3. The van der Waals surface area contributed by atoms with Crippen LogP contribution in [0.4, 0.5) is 5.82 Å². The van der Waals surface area contributed by atoms with Crippen molar-refractivity contribution < 1.29 is 5.11 Å². The average molecular weight is 221 g/mol. The lowest BCUT2D eigenvalue weighted by Gasteiger charge is -2.11. The molecule has 1 heterocycles. The van der Waals surface area contributed by atoms with Crippen molar-refractivity contribution in [2.24, 2.45) is 0 Å². The van der Waals surface area contributed by atoms with Crippen molar-refractivity contribution in [2.45, 2.75) is 45.1 Å². The molecule has 0 amide bonds. The van der Waals surface area contributed by atoms with Gasteiger partial charge in [0.25, 0.3) is 0 Å². The highest BCUT2D eigenvalue weighted by molar-refractivity contribution is 5.47. The third kappa shape index (κ3) is 2.50. The van der Waals surface area contributed by atoms with Crippen molar-refractivity contribution in [3.8, 4) is 0 Å². The van der Waals surface area contributed by atoms with E-state index in [1.54, 1.807) is 6.33 Å². The zero-order valence-corrected chi connectivity index (χ0v) is 9.74.